The fraction of sp³-hybridized carbons (Fsp3) is 0.533. The van der Waals surface area contributed by atoms with Gasteiger partial charge in [-0.3, -0.25) is 9.69 Å². The van der Waals surface area contributed by atoms with Crippen molar-refractivity contribution in [1.82, 2.24) is 9.80 Å². The minimum Gasteiger partial charge on any atom is -0.397 e. The van der Waals surface area contributed by atoms with Crippen LogP contribution in [-0.2, 0) is 4.79 Å². The second-order valence-corrected chi connectivity index (χ2v) is 5.75. The summed E-state index contributed by atoms with van der Waals surface area (Å²) < 4.78 is 13.0. The van der Waals surface area contributed by atoms with Gasteiger partial charge in [0.25, 0.3) is 0 Å². The van der Waals surface area contributed by atoms with Crippen LogP contribution in [0, 0.1) is 5.82 Å². The largest absolute Gasteiger partial charge is 0.397 e. The molecule has 1 fully saturated rings. The smallest absolute Gasteiger partial charge is 0.238 e. The van der Waals surface area contributed by atoms with Gasteiger partial charge in [-0.25, -0.2) is 4.39 Å². The Morgan fingerprint density at radius 2 is 2.10 bits per heavy atom. The predicted octanol–water partition coefficient (Wildman–Crippen LogP) is 1.37. The average molecular weight is 294 g/mol. The highest BCUT2D eigenvalue weighted by Crippen LogP contribution is 2.19. The van der Waals surface area contributed by atoms with Gasteiger partial charge in [-0.2, -0.15) is 0 Å². The van der Waals surface area contributed by atoms with Crippen LogP contribution in [0.5, 0.6) is 0 Å². The van der Waals surface area contributed by atoms with Gasteiger partial charge in [-0.05, 0) is 45.1 Å². The third kappa shape index (κ3) is 4.41. The van der Waals surface area contributed by atoms with Crippen LogP contribution in [0.2, 0.25) is 0 Å². The van der Waals surface area contributed by atoms with Gasteiger partial charge in [0.2, 0.25) is 5.91 Å². The minimum absolute atomic E-state index is 0.114. The number of amides is 1. The average Bonchev–Trinajstić information content (AvgIpc) is 2.42. The van der Waals surface area contributed by atoms with Crippen LogP contribution >= 0.6 is 0 Å². The molecule has 1 aliphatic heterocycles. The summed E-state index contributed by atoms with van der Waals surface area (Å²) in [6.07, 6.45) is 2.14. The number of hydrogen-bond donors (Lipinski definition) is 2. The Hall–Kier alpha value is -1.66. The van der Waals surface area contributed by atoms with Gasteiger partial charge in [0.1, 0.15) is 5.82 Å². The van der Waals surface area contributed by atoms with Crippen molar-refractivity contribution in [2.24, 2.45) is 0 Å². The van der Waals surface area contributed by atoms with Crippen LogP contribution < -0.4 is 11.1 Å². The molecule has 0 bridgehead atoms. The number of halogens is 1. The SMILES string of the molecule is CN(C)C1CCN(CC(=O)Nc2ccc(F)cc2N)CC1. The van der Waals surface area contributed by atoms with E-state index in [-0.39, 0.29) is 11.6 Å². The van der Waals surface area contributed by atoms with Crippen LogP contribution in [0.15, 0.2) is 18.2 Å². The number of benzene rings is 1. The zero-order valence-electron chi connectivity index (χ0n) is 12.6. The molecule has 5 nitrogen and oxygen atoms in total. The highest BCUT2D eigenvalue weighted by atomic mass is 19.1. The van der Waals surface area contributed by atoms with Crippen molar-refractivity contribution in [3.63, 3.8) is 0 Å². The highest BCUT2D eigenvalue weighted by molar-refractivity contribution is 5.95. The molecule has 0 aliphatic carbocycles. The first-order valence-corrected chi connectivity index (χ1v) is 7.19. The Kier molecular flexibility index (Phi) is 5.14. The lowest BCUT2D eigenvalue weighted by Crippen LogP contribution is -2.44. The molecule has 3 N–H and O–H groups in total. The van der Waals surface area contributed by atoms with E-state index in [1.165, 1.54) is 18.2 Å². The lowest BCUT2D eigenvalue weighted by molar-refractivity contribution is -0.117. The van der Waals surface area contributed by atoms with E-state index in [0.29, 0.717) is 18.3 Å². The third-order valence-electron chi connectivity index (χ3n) is 3.94. The van der Waals surface area contributed by atoms with Crippen LogP contribution in [0.1, 0.15) is 12.8 Å². The molecule has 1 aromatic rings. The van der Waals surface area contributed by atoms with Crippen LogP contribution in [0.4, 0.5) is 15.8 Å². The van der Waals surface area contributed by atoms with E-state index < -0.39 is 5.82 Å². The predicted molar refractivity (Wildman–Crippen MR) is 82.6 cm³/mol. The molecule has 0 aromatic heterocycles. The molecule has 116 valence electrons. The van der Waals surface area contributed by atoms with Crippen LogP contribution in [-0.4, -0.2) is 55.5 Å². The summed E-state index contributed by atoms with van der Waals surface area (Å²) in [7, 11) is 4.18. The van der Waals surface area contributed by atoms with E-state index in [1.807, 2.05) is 0 Å². The second-order valence-electron chi connectivity index (χ2n) is 5.75. The molecule has 21 heavy (non-hydrogen) atoms. The first-order valence-electron chi connectivity index (χ1n) is 7.19. The van der Waals surface area contributed by atoms with Crippen molar-refractivity contribution in [2.45, 2.75) is 18.9 Å². The van der Waals surface area contributed by atoms with E-state index in [9.17, 15) is 9.18 Å². The van der Waals surface area contributed by atoms with Crippen LogP contribution in [0.3, 0.4) is 0 Å². The molecule has 0 unspecified atom stereocenters. The zero-order chi connectivity index (χ0) is 15.4. The summed E-state index contributed by atoms with van der Waals surface area (Å²) in [4.78, 5) is 16.4. The molecule has 0 radical (unpaired) electrons. The van der Waals surface area contributed by atoms with Gasteiger partial charge in [0, 0.05) is 19.1 Å². The Labute approximate surface area is 124 Å². The molecule has 0 atom stereocenters. The Morgan fingerprint density at radius 1 is 1.43 bits per heavy atom. The van der Waals surface area contributed by atoms with Crippen molar-refractivity contribution in [1.29, 1.82) is 0 Å². The maximum absolute atomic E-state index is 13.0. The second kappa shape index (κ2) is 6.87. The molecular weight excluding hydrogens is 271 g/mol. The van der Waals surface area contributed by atoms with Crippen LogP contribution in [0.25, 0.3) is 0 Å². The summed E-state index contributed by atoms with van der Waals surface area (Å²) in [5, 5.41) is 2.74. The first-order chi connectivity index (χ1) is 9.95. The number of rotatable bonds is 4. The summed E-state index contributed by atoms with van der Waals surface area (Å²) in [6.45, 7) is 2.17. The maximum atomic E-state index is 13.0. The number of hydrogen-bond acceptors (Lipinski definition) is 4. The number of carbonyl (C=O) groups is 1. The standard InChI is InChI=1S/C15H23FN4O/c1-19(2)12-5-7-20(8-6-12)10-15(21)18-14-4-3-11(16)9-13(14)17/h3-4,9,12H,5-8,10,17H2,1-2H3,(H,18,21). The minimum atomic E-state index is -0.406. The van der Waals surface area contributed by atoms with E-state index in [4.69, 9.17) is 5.73 Å². The lowest BCUT2D eigenvalue weighted by atomic mass is 10.0. The number of anilines is 2. The van der Waals surface area contributed by atoms with Gasteiger partial charge in [-0.1, -0.05) is 0 Å². The number of piperidine rings is 1. The number of nitrogens with two attached hydrogens (primary N) is 1. The van der Waals surface area contributed by atoms with Crippen molar-refractivity contribution < 1.29 is 9.18 Å². The fourth-order valence-corrected chi connectivity index (χ4v) is 2.63. The van der Waals surface area contributed by atoms with E-state index >= 15 is 0 Å². The normalized spacial score (nSPS) is 17.1. The number of nitrogens with zero attached hydrogens (tertiary/aromatic N) is 2. The third-order valence-corrected chi connectivity index (χ3v) is 3.94. The lowest BCUT2D eigenvalue weighted by Gasteiger charge is -2.34. The van der Waals surface area contributed by atoms with Crippen molar-refractivity contribution in [2.75, 3.05) is 44.8 Å². The Bertz CT molecular complexity index is 498. The molecule has 1 aromatic carbocycles. The maximum Gasteiger partial charge on any atom is 0.238 e. The number of carbonyl (C=O) groups excluding carboxylic acids is 1. The topological polar surface area (TPSA) is 61.6 Å². The molecule has 6 heteroatoms. The summed E-state index contributed by atoms with van der Waals surface area (Å²) in [5.74, 6) is -0.520. The summed E-state index contributed by atoms with van der Waals surface area (Å²) in [6, 6.07) is 4.57. The quantitative estimate of drug-likeness (QED) is 0.824. The molecule has 1 aliphatic rings. The van der Waals surface area contributed by atoms with Gasteiger partial charge in [0.05, 0.1) is 17.9 Å². The van der Waals surface area contributed by atoms with Gasteiger partial charge >= 0.3 is 0 Å². The van der Waals surface area contributed by atoms with Gasteiger partial charge in [0.15, 0.2) is 0 Å². The first kappa shape index (κ1) is 15.7. The Morgan fingerprint density at radius 3 is 2.67 bits per heavy atom. The monoisotopic (exact) mass is 294 g/mol. The van der Waals surface area contributed by atoms with E-state index in [0.717, 1.165) is 25.9 Å². The molecule has 1 amide bonds. The van der Waals surface area contributed by atoms with Crippen molar-refractivity contribution >= 4 is 17.3 Å². The van der Waals surface area contributed by atoms with E-state index in [2.05, 4.69) is 29.2 Å². The Balaban J connectivity index is 1.83. The molecule has 0 saturated carbocycles. The van der Waals surface area contributed by atoms with Gasteiger partial charge < -0.3 is 16.0 Å². The number of nitrogen functional groups attached to an aromatic ring is 1. The van der Waals surface area contributed by atoms with Crippen molar-refractivity contribution in [3.05, 3.63) is 24.0 Å². The summed E-state index contributed by atoms with van der Waals surface area (Å²) >= 11 is 0. The highest BCUT2D eigenvalue weighted by Gasteiger charge is 2.22. The fourth-order valence-electron chi connectivity index (χ4n) is 2.63. The van der Waals surface area contributed by atoms with Crippen molar-refractivity contribution in [3.8, 4) is 0 Å². The summed E-state index contributed by atoms with van der Waals surface area (Å²) in [5.41, 5.74) is 6.39. The molecule has 1 saturated heterocycles. The molecular formula is C15H23FN4O. The zero-order valence-corrected chi connectivity index (χ0v) is 12.6. The molecule has 1 heterocycles. The number of likely N-dealkylation sites (tertiary alicyclic amines) is 1. The van der Waals surface area contributed by atoms with E-state index in [1.54, 1.807) is 0 Å². The molecule has 2 rings (SSSR count). The number of nitrogens with one attached hydrogen (secondary N) is 1. The van der Waals surface area contributed by atoms with Gasteiger partial charge in [-0.15, -0.1) is 0 Å². The molecule has 0 spiro atoms.